The van der Waals surface area contributed by atoms with Crippen LogP contribution in [0.15, 0.2) is 176 Å². The van der Waals surface area contributed by atoms with Crippen LogP contribution in [0.2, 0.25) is 0 Å². The molecule has 0 saturated carbocycles. The van der Waals surface area contributed by atoms with Gasteiger partial charge in [0.2, 0.25) is 0 Å². The van der Waals surface area contributed by atoms with E-state index >= 15 is 0 Å². The van der Waals surface area contributed by atoms with Gasteiger partial charge in [0.05, 0.1) is 28.8 Å². The van der Waals surface area contributed by atoms with Crippen molar-refractivity contribution in [3.05, 3.63) is 210 Å². The molecule has 8 aromatic rings. The molecule has 5 heteroatoms. The van der Waals surface area contributed by atoms with Crippen molar-refractivity contribution in [1.82, 2.24) is 25.5 Å². The molecule has 1 aliphatic heterocycles. The van der Waals surface area contributed by atoms with Crippen LogP contribution in [0, 0.1) is 0 Å². The molecule has 3 atom stereocenters. The maximum Gasteiger partial charge on any atom is 0.142 e. The lowest BCUT2D eigenvalue weighted by Crippen LogP contribution is -2.56. The highest BCUT2D eigenvalue weighted by Crippen LogP contribution is 2.58. The van der Waals surface area contributed by atoms with E-state index in [1.165, 1.54) is 66.3 Å². The minimum absolute atomic E-state index is 0.0738. The van der Waals surface area contributed by atoms with Crippen LogP contribution in [0.4, 0.5) is 0 Å². The first-order chi connectivity index (χ1) is 24.8. The summed E-state index contributed by atoms with van der Waals surface area (Å²) in [7, 11) is 0. The summed E-state index contributed by atoms with van der Waals surface area (Å²) in [6.45, 7) is 0. The van der Waals surface area contributed by atoms with E-state index in [0.717, 1.165) is 0 Å². The van der Waals surface area contributed by atoms with Crippen LogP contribution < -0.4 is 16.0 Å². The second kappa shape index (κ2) is 11.6. The van der Waals surface area contributed by atoms with Crippen LogP contribution >= 0.6 is 0 Å². The average molecular weight is 646 g/mol. The van der Waals surface area contributed by atoms with E-state index in [-0.39, 0.29) is 18.6 Å². The van der Waals surface area contributed by atoms with Crippen molar-refractivity contribution >= 4 is 21.8 Å². The fraction of sp³-hybridized carbons (Fsp3) is 0.0889. The number of nitrogens with one attached hydrogen (secondary N) is 3. The number of pyridine rings is 1. The molecule has 3 heterocycles. The van der Waals surface area contributed by atoms with Crippen LogP contribution in [0.3, 0.4) is 0 Å². The number of hydrogen-bond acceptors (Lipinski definition) is 4. The molecular formula is C45H35N5. The van der Waals surface area contributed by atoms with Crippen molar-refractivity contribution in [2.45, 2.75) is 24.0 Å². The molecule has 1 fully saturated rings. The van der Waals surface area contributed by atoms with Crippen molar-refractivity contribution in [3.8, 4) is 11.1 Å². The Hall–Kier alpha value is -5.85. The Kier molecular flexibility index (Phi) is 6.78. The molecule has 50 heavy (non-hydrogen) atoms. The Morgan fingerprint density at radius 3 is 1.82 bits per heavy atom. The predicted molar refractivity (Wildman–Crippen MR) is 201 cm³/mol. The molecule has 5 nitrogen and oxygen atoms in total. The Morgan fingerprint density at radius 2 is 1.12 bits per heavy atom. The van der Waals surface area contributed by atoms with E-state index < -0.39 is 5.41 Å². The summed E-state index contributed by atoms with van der Waals surface area (Å²) in [5.74, 6) is 0. The van der Waals surface area contributed by atoms with Gasteiger partial charge < -0.3 is 4.57 Å². The molecule has 0 spiro atoms. The van der Waals surface area contributed by atoms with Gasteiger partial charge in [-0.15, -0.1) is 0 Å². The number of fused-ring (bicyclic) bond motifs is 7. The van der Waals surface area contributed by atoms with E-state index in [9.17, 15) is 0 Å². The molecule has 3 unspecified atom stereocenters. The van der Waals surface area contributed by atoms with E-state index in [0.29, 0.717) is 0 Å². The third kappa shape index (κ3) is 4.28. The number of para-hydroxylation sites is 1. The molecule has 0 bridgehead atoms. The lowest BCUT2D eigenvalue weighted by atomic mass is 9.68. The van der Waals surface area contributed by atoms with Gasteiger partial charge in [-0.1, -0.05) is 146 Å². The van der Waals surface area contributed by atoms with Crippen LogP contribution in [0.25, 0.3) is 32.9 Å². The first kappa shape index (κ1) is 29.1. The van der Waals surface area contributed by atoms with Gasteiger partial charge in [-0.05, 0) is 62.7 Å². The fourth-order valence-corrected chi connectivity index (χ4v) is 8.65. The van der Waals surface area contributed by atoms with Crippen LogP contribution in [0.1, 0.15) is 52.0 Å². The largest absolute Gasteiger partial charge is 0.311 e. The normalized spacial score (nSPS) is 21.2. The highest BCUT2D eigenvalue weighted by atomic mass is 15.4. The summed E-state index contributed by atoms with van der Waals surface area (Å²) in [5.41, 5.74) is 11.7. The molecule has 3 N–H and O–H groups in total. The molecule has 0 amide bonds. The Labute approximate surface area is 291 Å². The lowest BCUT2D eigenvalue weighted by Gasteiger charge is -2.40. The number of benzene rings is 6. The maximum atomic E-state index is 4.66. The van der Waals surface area contributed by atoms with Gasteiger partial charge in [-0.2, -0.15) is 0 Å². The van der Waals surface area contributed by atoms with Gasteiger partial charge in [0.15, 0.2) is 0 Å². The zero-order valence-corrected chi connectivity index (χ0v) is 27.4. The number of aromatic nitrogens is 2. The Balaban J connectivity index is 1.25. The smallest absolute Gasteiger partial charge is 0.142 e. The highest BCUT2D eigenvalue weighted by Gasteiger charge is 2.47. The quantitative estimate of drug-likeness (QED) is 0.175. The van der Waals surface area contributed by atoms with Crippen LogP contribution in [-0.2, 0) is 5.41 Å². The molecule has 1 aliphatic carbocycles. The first-order valence-electron chi connectivity index (χ1n) is 17.3. The Bertz CT molecular complexity index is 2390. The lowest BCUT2D eigenvalue weighted by molar-refractivity contribution is 0.161. The minimum atomic E-state index is -0.513. The summed E-state index contributed by atoms with van der Waals surface area (Å²) >= 11 is 0. The summed E-state index contributed by atoms with van der Waals surface area (Å²) in [6, 6.07) is 59.1. The molecule has 6 aromatic carbocycles. The fourth-order valence-electron chi connectivity index (χ4n) is 8.65. The minimum Gasteiger partial charge on any atom is -0.311 e. The Morgan fingerprint density at radius 1 is 0.500 bits per heavy atom. The molecule has 2 aromatic heterocycles. The third-order valence-electron chi connectivity index (χ3n) is 10.7. The average Bonchev–Trinajstić information content (AvgIpc) is 3.70. The molecule has 2 aliphatic rings. The SMILES string of the molecule is c1ccc(C2NC(c3ccccc3)NC(n3c4ccccc4c4c5c(ccc43)C(c3ccccc3)(c3cccnc3)c3ccccc3-5)N2)cc1. The van der Waals surface area contributed by atoms with Gasteiger partial charge in [0.1, 0.15) is 6.29 Å². The highest BCUT2D eigenvalue weighted by molar-refractivity contribution is 6.17. The first-order valence-corrected chi connectivity index (χ1v) is 17.3. The van der Waals surface area contributed by atoms with E-state index in [1.807, 2.05) is 12.4 Å². The van der Waals surface area contributed by atoms with Crippen molar-refractivity contribution in [2.75, 3.05) is 0 Å². The predicted octanol–water partition coefficient (Wildman–Crippen LogP) is 9.19. The second-order valence-electron chi connectivity index (χ2n) is 13.3. The second-order valence-corrected chi connectivity index (χ2v) is 13.3. The zero-order valence-electron chi connectivity index (χ0n) is 27.4. The maximum absolute atomic E-state index is 4.66. The monoisotopic (exact) mass is 645 g/mol. The standard InChI is InChI=1S/C45H35N5/c1-4-15-30(16-5-1)42-47-43(31-17-6-2-7-18-31)49-44(48-42)50-38-25-13-11-23-35(38)41-39(50)27-26-37-40(41)34-22-10-12-24-36(34)45(37,32-19-8-3-9-20-32)33-21-14-28-46-29-33/h1-29,42-44,47-49H. The van der Waals surface area contributed by atoms with E-state index in [2.05, 4.69) is 189 Å². The summed E-state index contributed by atoms with van der Waals surface area (Å²) in [6.07, 6.45) is 3.56. The molecule has 240 valence electrons. The summed E-state index contributed by atoms with van der Waals surface area (Å²) in [4.78, 5) is 4.66. The third-order valence-corrected chi connectivity index (χ3v) is 10.7. The number of rotatable bonds is 5. The zero-order chi connectivity index (χ0) is 33.1. The van der Waals surface area contributed by atoms with Gasteiger partial charge in [-0.3, -0.25) is 20.9 Å². The van der Waals surface area contributed by atoms with Gasteiger partial charge >= 0.3 is 0 Å². The molecule has 1 saturated heterocycles. The number of hydrogen-bond donors (Lipinski definition) is 3. The molecular weight excluding hydrogens is 611 g/mol. The van der Waals surface area contributed by atoms with Crippen LogP contribution in [-0.4, -0.2) is 9.55 Å². The number of nitrogens with zero attached hydrogens (tertiary/aromatic N) is 2. The van der Waals surface area contributed by atoms with Crippen molar-refractivity contribution in [1.29, 1.82) is 0 Å². The van der Waals surface area contributed by atoms with Gasteiger partial charge in [-0.25, -0.2) is 0 Å². The van der Waals surface area contributed by atoms with E-state index in [4.69, 9.17) is 0 Å². The van der Waals surface area contributed by atoms with Crippen molar-refractivity contribution in [2.24, 2.45) is 0 Å². The van der Waals surface area contributed by atoms with Gasteiger partial charge in [0, 0.05) is 23.2 Å². The molecule has 10 rings (SSSR count). The van der Waals surface area contributed by atoms with Crippen molar-refractivity contribution in [3.63, 3.8) is 0 Å². The molecule has 0 radical (unpaired) electrons. The van der Waals surface area contributed by atoms with Crippen molar-refractivity contribution < 1.29 is 0 Å². The van der Waals surface area contributed by atoms with Crippen LogP contribution in [0.5, 0.6) is 0 Å². The summed E-state index contributed by atoms with van der Waals surface area (Å²) in [5, 5.41) is 14.2. The van der Waals surface area contributed by atoms with Gasteiger partial charge in [0.25, 0.3) is 0 Å². The topological polar surface area (TPSA) is 53.9 Å². The summed E-state index contributed by atoms with van der Waals surface area (Å²) < 4.78 is 2.47. The van der Waals surface area contributed by atoms with E-state index in [1.54, 1.807) is 0 Å².